The van der Waals surface area contributed by atoms with Crippen LogP contribution in [0.1, 0.15) is 48.7 Å². The molecule has 1 N–H and O–H groups in total. The maximum absolute atomic E-state index is 14.0. The molecule has 3 amide bonds. The molecular weight excluding hydrogens is 618 g/mol. The highest BCUT2D eigenvalue weighted by molar-refractivity contribution is 5.96. The van der Waals surface area contributed by atoms with Gasteiger partial charge in [0, 0.05) is 44.2 Å². The molecule has 0 spiro atoms. The number of rotatable bonds is 12. The lowest BCUT2D eigenvalue weighted by molar-refractivity contribution is -0.143. The summed E-state index contributed by atoms with van der Waals surface area (Å²) < 4.78 is 21.4. The first-order valence-corrected chi connectivity index (χ1v) is 16.2. The molecule has 1 aliphatic heterocycles. The number of esters is 1. The third-order valence-corrected chi connectivity index (χ3v) is 8.23. The van der Waals surface area contributed by atoms with Gasteiger partial charge in [0.05, 0.1) is 13.7 Å². The van der Waals surface area contributed by atoms with Crippen LogP contribution >= 0.6 is 0 Å². The van der Waals surface area contributed by atoms with E-state index < -0.39 is 24.0 Å². The van der Waals surface area contributed by atoms with Crippen LogP contribution in [0, 0.1) is 0 Å². The number of aromatic nitrogens is 2. The van der Waals surface area contributed by atoms with Gasteiger partial charge in [-0.15, -0.1) is 0 Å². The van der Waals surface area contributed by atoms with E-state index in [4.69, 9.17) is 14.2 Å². The summed E-state index contributed by atoms with van der Waals surface area (Å²) in [5.41, 5.74) is 1.56. The summed E-state index contributed by atoms with van der Waals surface area (Å²) in [4.78, 5) is 63.9. The number of ether oxygens (including phenoxy) is 4. The quantitative estimate of drug-likeness (QED) is 0.286. The van der Waals surface area contributed by atoms with E-state index in [9.17, 15) is 19.2 Å². The number of piperazine rings is 1. The van der Waals surface area contributed by atoms with Crippen LogP contribution in [-0.4, -0.2) is 102 Å². The predicted molar refractivity (Wildman–Crippen MR) is 174 cm³/mol. The summed E-state index contributed by atoms with van der Waals surface area (Å²) in [6.07, 6.45) is 3.74. The van der Waals surface area contributed by atoms with E-state index in [2.05, 4.69) is 20.0 Å². The molecule has 5 rings (SSSR count). The fourth-order valence-electron chi connectivity index (χ4n) is 5.63. The first-order chi connectivity index (χ1) is 23.3. The third kappa shape index (κ3) is 9.20. The fourth-order valence-corrected chi connectivity index (χ4v) is 5.63. The van der Waals surface area contributed by atoms with Gasteiger partial charge in [0.15, 0.2) is 12.4 Å². The molecule has 2 aromatic carbocycles. The molecule has 1 saturated carbocycles. The molecule has 1 aliphatic carbocycles. The first-order valence-electron chi connectivity index (χ1n) is 16.2. The average molecular weight is 660 g/mol. The van der Waals surface area contributed by atoms with E-state index in [1.54, 1.807) is 41.0 Å². The Balaban J connectivity index is 1.37. The van der Waals surface area contributed by atoms with E-state index in [-0.39, 0.29) is 50.4 Å². The number of carbonyl (C=O) groups excluding carboxylic acids is 4. The zero-order valence-electron chi connectivity index (χ0n) is 27.3. The average Bonchev–Trinajstić information content (AvgIpc) is 3.64. The highest BCUT2D eigenvalue weighted by atomic mass is 16.6. The Morgan fingerprint density at radius 2 is 1.60 bits per heavy atom. The summed E-state index contributed by atoms with van der Waals surface area (Å²) in [5.74, 6) is -0.244. The van der Waals surface area contributed by atoms with E-state index in [1.807, 2.05) is 30.3 Å². The highest BCUT2D eigenvalue weighted by Gasteiger charge is 2.31. The van der Waals surface area contributed by atoms with Crippen molar-refractivity contribution < 1.29 is 38.1 Å². The summed E-state index contributed by atoms with van der Waals surface area (Å²) in [7, 11) is 1.28. The van der Waals surface area contributed by atoms with Crippen LogP contribution in [0.15, 0.2) is 60.7 Å². The molecule has 1 aromatic heterocycles. The molecule has 0 unspecified atom stereocenters. The number of methoxy groups -OCH3 is 1. The zero-order valence-corrected chi connectivity index (χ0v) is 27.3. The zero-order chi connectivity index (χ0) is 33.9. The minimum absolute atomic E-state index is 0.0154. The summed E-state index contributed by atoms with van der Waals surface area (Å²) in [5, 5.41) is 2.92. The van der Waals surface area contributed by atoms with Gasteiger partial charge < -0.3 is 34.1 Å². The third-order valence-electron chi connectivity index (χ3n) is 8.23. The standard InChI is InChI=1S/C35H41N5O8/c1-3-46-35(44)40-19-17-39(18-20-40)34(43)29(21-24-13-15-26(16-14-24)47-23-31(41)45-2)37-33(42)28-22-30(48-27-11-7-8-12-27)38-32(36-28)25-9-5-4-6-10-25/h4-6,9-10,13-16,22,27,29H,3,7-8,11-12,17-21,23H2,1-2H3,(H,37,42)/t29-/m0/s1. The lowest BCUT2D eigenvalue weighted by Crippen LogP contribution is -2.56. The predicted octanol–water partition coefficient (Wildman–Crippen LogP) is 3.66. The van der Waals surface area contributed by atoms with Gasteiger partial charge in [-0.1, -0.05) is 42.5 Å². The van der Waals surface area contributed by atoms with E-state index in [0.29, 0.717) is 30.5 Å². The summed E-state index contributed by atoms with van der Waals surface area (Å²) in [6.45, 7) is 2.97. The van der Waals surface area contributed by atoms with Crippen LogP contribution < -0.4 is 14.8 Å². The normalized spacial score (nSPS) is 15.4. The van der Waals surface area contributed by atoms with Gasteiger partial charge >= 0.3 is 12.1 Å². The maximum Gasteiger partial charge on any atom is 0.409 e. The number of nitrogens with zero attached hydrogens (tertiary/aromatic N) is 4. The molecule has 1 atom stereocenters. The molecule has 254 valence electrons. The van der Waals surface area contributed by atoms with Crippen molar-refractivity contribution in [2.45, 2.75) is 51.2 Å². The lowest BCUT2D eigenvalue weighted by Gasteiger charge is -2.36. The molecule has 0 radical (unpaired) electrons. The van der Waals surface area contributed by atoms with Crippen LogP contribution in [0.3, 0.4) is 0 Å². The number of nitrogens with one attached hydrogen (secondary N) is 1. The van der Waals surface area contributed by atoms with Crippen molar-refractivity contribution in [2.24, 2.45) is 0 Å². The van der Waals surface area contributed by atoms with Crippen LogP contribution in [0.5, 0.6) is 11.6 Å². The van der Waals surface area contributed by atoms with Gasteiger partial charge in [0.1, 0.15) is 23.6 Å². The van der Waals surface area contributed by atoms with Crippen molar-refractivity contribution in [3.05, 3.63) is 71.9 Å². The topological polar surface area (TPSA) is 149 Å². The number of benzene rings is 2. The Bertz CT molecular complexity index is 1550. The van der Waals surface area contributed by atoms with Gasteiger partial charge in [-0.25, -0.2) is 14.6 Å². The van der Waals surface area contributed by atoms with E-state index in [1.165, 1.54) is 13.2 Å². The van der Waals surface area contributed by atoms with Crippen molar-refractivity contribution in [3.8, 4) is 23.0 Å². The van der Waals surface area contributed by atoms with Crippen LogP contribution in [0.2, 0.25) is 0 Å². The van der Waals surface area contributed by atoms with Crippen molar-refractivity contribution in [1.82, 2.24) is 25.1 Å². The molecule has 13 nitrogen and oxygen atoms in total. The number of carbonyl (C=O) groups is 4. The van der Waals surface area contributed by atoms with Gasteiger partial charge in [-0.2, -0.15) is 4.98 Å². The van der Waals surface area contributed by atoms with E-state index >= 15 is 0 Å². The Morgan fingerprint density at radius 1 is 0.917 bits per heavy atom. The molecular formula is C35H41N5O8. The van der Waals surface area contributed by atoms with Crippen molar-refractivity contribution in [1.29, 1.82) is 0 Å². The molecule has 48 heavy (non-hydrogen) atoms. The Morgan fingerprint density at radius 3 is 2.27 bits per heavy atom. The largest absolute Gasteiger partial charge is 0.482 e. The fraction of sp³-hybridized carbons (Fsp3) is 0.429. The van der Waals surface area contributed by atoms with Crippen molar-refractivity contribution in [2.75, 3.05) is 46.5 Å². The van der Waals surface area contributed by atoms with Crippen LogP contribution in [0.25, 0.3) is 11.4 Å². The summed E-state index contributed by atoms with van der Waals surface area (Å²) in [6, 6.07) is 16.8. The lowest BCUT2D eigenvalue weighted by atomic mass is 10.0. The Labute approximate surface area is 279 Å². The van der Waals surface area contributed by atoms with Gasteiger partial charge in [-0.05, 0) is 50.3 Å². The maximum atomic E-state index is 14.0. The van der Waals surface area contributed by atoms with Gasteiger partial charge in [0.25, 0.3) is 5.91 Å². The van der Waals surface area contributed by atoms with Gasteiger partial charge in [-0.3, -0.25) is 9.59 Å². The number of amides is 3. The molecule has 1 saturated heterocycles. The smallest absolute Gasteiger partial charge is 0.409 e. The second-order valence-corrected chi connectivity index (χ2v) is 11.6. The molecule has 3 aromatic rings. The van der Waals surface area contributed by atoms with Crippen LogP contribution in [0.4, 0.5) is 4.79 Å². The van der Waals surface area contributed by atoms with Crippen LogP contribution in [-0.2, 0) is 25.5 Å². The molecule has 2 fully saturated rings. The minimum Gasteiger partial charge on any atom is -0.482 e. The first kappa shape index (κ1) is 34.1. The molecule has 2 aliphatic rings. The van der Waals surface area contributed by atoms with E-state index in [0.717, 1.165) is 36.8 Å². The number of hydrogen-bond donors (Lipinski definition) is 1. The van der Waals surface area contributed by atoms with Crippen molar-refractivity contribution in [3.63, 3.8) is 0 Å². The summed E-state index contributed by atoms with van der Waals surface area (Å²) >= 11 is 0. The van der Waals surface area contributed by atoms with Crippen molar-refractivity contribution >= 4 is 23.9 Å². The SMILES string of the molecule is CCOC(=O)N1CCN(C(=O)[C@H](Cc2ccc(OCC(=O)OC)cc2)NC(=O)c2cc(OC3CCCC3)nc(-c3ccccc3)n2)CC1. The molecule has 13 heteroatoms. The monoisotopic (exact) mass is 659 g/mol. The van der Waals surface area contributed by atoms with Gasteiger partial charge in [0.2, 0.25) is 11.8 Å². The highest BCUT2D eigenvalue weighted by Crippen LogP contribution is 2.26. The minimum atomic E-state index is -0.956. The Hall–Kier alpha value is -5.20. The molecule has 2 heterocycles. The Kier molecular flexibility index (Phi) is 11.8. The second kappa shape index (κ2) is 16.6. The second-order valence-electron chi connectivity index (χ2n) is 11.6. The number of hydrogen-bond acceptors (Lipinski definition) is 10. The molecule has 0 bridgehead atoms.